The van der Waals surface area contributed by atoms with Gasteiger partial charge in [-0.1, -0.05) is 53.7 Å². The molecule has 0 unspecified atom stereocenters. The molecule has 2 N–H and O–H groups in total. The van der Waals surface area contributed by atoms with E-state index in [0.29, 0.717) is 5.88 Å². The minimum atomic E-state index is 0.349. The SMILES string of the molecule is CSc1ccccc1-c1noc(N)c1-c1ccccc1. The molecule has 1 aromatic heterocycles. The summed E-state index contributed by atoms with van der Waals surface area (Å²) in [4.78, 5) is 1.15. The van der Waals surface area contributed by atoms with E-state index in [1.54, 1.807) is 11.8 Å². The minimum Gasteiger partial charge on any atom is -0.367 e. The van der Waals surface area contributed by atoms with Gasteiger partial charge in [-0.3, -0.25) is 0 Å². The molecule has 0 aliphatic heterocycles. The lowest BCUT2D eigenvalue weighted by Gasteiger charge is -2.06. The van der Waals surface area contributed by atoms with Crippen LogP contribution in [-0.4, -0.2) is 11.4 Å². The van der Waals surface area contributed by atoms with Crippen LogP contribution in [0.4, 0.5) is 5.88 Å². The number of nitrogens with zero attached hydrogens (tertiary/aromatic N) is 1. The van der Waals surface area contributed by atoms with Crippen molar-refractivity contribution in [2.24, 2.45) is 0 Å². The van der Waals surface area contributed by atoms with Gasteiger partial charge in [-0.05, 0) is 17.9 Å². The molecule has 0 saturated heterocycles. The molecule has 3 rings (SSSR count). The summed E-state index contributed by atoms with van der Waals surface area (Å²) in [5.74, 6) is 0.349. The van der Waals surface area contributed by atoms with Crippen molar-refractivity contribution in [3.05, 3.63) is 54.6 Å². The van der Waals surface area contributed by atoms with Crippen molar-refractivity contribution in [2.45, 2.75) is 4.90 Å². The maximum absolute atomic E-state index is 5.97. The summed E-state index contributed by atoms with van der Waals surface area (Å²) in [6.07, 6.45) is 2.05. The number of benzene rings is 2. The normalized spacial score (nSPS) is 10.7. The van der Waals surface area contributed by atoms with Crippen LogP contribution < -0.4 is 5.73 Å². The standard InChI is InChI=1S/C16H14N2OS/c1-20-13-10-6-5-9-12(13)15-14(16(17)19-18-15)11-7-3-2-4-8-11/h2-10H,17H2,1H3. The summed E-state index contributed by atoms with van der Waals surface area (Å²) in [5.41, 5.74) is 9.66. The highest BCUT2D eigenvalue weighted by atomic mass is 32.2. The van der Waals surface area contributed by atoms with Crippen LogP contribution in [0.5, 0.6) is 0 Å². The van der Waals surface area contributed by atoms with E-state index in [1.807, 2.05) is 54.8 Å². The summed E-state index contributed by atoms with van der Waals surface area (Å²) < 4.78 is 5.22. The number of nitrogens with two attached hydrogens (primary N) is 1. The second kappa shape index (κ2) is 5.43. The predicted octanol–water partition coefficient (Wildman–Crippen LogP) is 4.31. The van der Waals surface area contributed by atoms with Crippen molar-refractivity contribution in [3.8, 4) is 22.4 Å². The van der Waals surface area contributed by atoms with E-state index >= 15 is 0 Å². The zero-order chi connectivity index (χ0) is 13.9. The third-order valence-electron chi connectivity index (χ3n) is 3.14. The molecule has 0 fully saturated rings. The van der Waals surface area contributed by atoms with Crippen LogP contribution in [0.2, 0.25) is 0 Å². The van der Waals surface area contributed by atoms with Gasteiger partial charge in [-0.15, -0.1) is 11.8 Å². The zero-order valence-electron chi connectivity index (χ0n) is 11.0. The quantitative estimate of drug-likeness (QED) is 0.727. The summed E-state index contributed by atoms with van der Waals surface area (Å²) in [6.45, 7) is 0. The number of hydrogen-bond donors (Lipinski definition) is 1. The second-order valence-corrected chi connectivity index (χ2v) is 5.18. The Balaban J connectivity index is 2.22. The lowest BCUT2D eigenvalue weighted by molar-refractivity contribution is 0.439. The molecular formula is C16H14N2OS. The van der Waals surface area contributed by atoms with E-state index in [-0.39, 0.29) is 0 Å². The monoisotopic (exact) mass is 282 g/mol. The minimum absolute atomic E-state index is 0.349. The average molecular weight is 282 g/mol. The molecule has 2 aromatic carbocycles. The molecule has 0 aliphatic rings. The maximum Gasteiger partial charge on any atom is 0.230 e. The Morgan fingerprint density at radius 1 is 1.00 bits per heavy atom. The molecular weight excluding hydrogens is 268 g/mol. The van der Waals surface area contributed by atoms with Gasteiger partial charge in [-0.2, -0.15) is 0 Å². The number of rotatable bonds is 3. The number of nitrogen functional groups attached to an aromatic ring is 1. The van der Waals surface area contributed by atoms with E-state index in [4.69, 9.17) is 10.3 Å². The van der Waals surface area contributed by atoms with Gasteiger partial charge in [0.05, 0.1) is 5.56 Å². The van der Waals surface area contributed by atoms with Crippen molar-refractivity contribution >= 4 is 17.6 Å². The lowest BCUT2D eigenvalue weighted by Crippen LogP contribution is -1.88. The molecule has 1 heterocycles. The topological polar surface area (TPSA) is 52.0 Å². The van der Waals surface area contributed by atoms with E-state index in [9.17, 15) is 0 Å². The third-order valence-corrected chi connectivity index (χ3v) is 3.94. The number of thioether (sulfide) groups is 1. The number of aromatic nitrogens is 1. The van der Waals surface area contributed by atoms with Crippen LogP contribution in [0.15, 0.2) is 64.0 Å². The second-order valence-electron chi connectivity index (χ2n) is 4.34. The highest BCUT2D eigenvalue weighted by Crippen LogP contribution is 2.39. The molecule has 0 bridgehead atoms. The molecule has 3 aromatic rings. The zero-order valence-corrected chi connectivity index (χ0v) is 11.9. The predicted molar refractivity (Wildman–Crippen MR) is 83.6 cm³/mol. The molecule has 4 heteroatoms. The summed E-state index contributed by atoms with van der Waals surface area (Å²) in [5, 5.41) is 4.16. The lowest BCUT2D eigenvalue weighted by atomic mass is 10.0. The van der Waals surface area contributed by atoms with E-state index < -0.39 is 0 Å². The molecule has 0 aliphatic carbocycles. The van der Waals surface area contributed by atoms with Crippen LogP contribution in [0, 0.1) is 0 Å². The fourth-order valence-electron chi connectivity index (χ4n) is 2.21. The summed E-state index contributed by atoms with van der Waals surface area (Å²) >= 11 is 1.68. The van der Waals surface area contributed by atoms with Gasteiger partial charge >= 0.3 is 0 Å². The van der Waals surface area contributed by atoms with Crippen molar-refractivity contribution in [3.63, 3.8) is 0 Å². The van der Waals surface area contributed by atoms with Crippen molar-refractivity contribution in [2.75, 3.05) is 12.0 Å². The van der Waals surface area contributed by atoms with Gasteiger partial charge in [-0.25, -0.2) is 0 Å². The molecule has 0 radical (unpaired) electrons. The first kappa shape index (κ1) is 12.8. The highest BCUT2D eigenvalue weighted by molar-refractivity contribution is 7.98. The smallest absolute Gasteiger partial charge is 0.230 e. The molecule has 0 amide bonds. The molecule has 0 saturated carbocycles. The van der Waals surface area contributed by atoms with Crippen LogP contribution in [0.3, 0.4) is 0 Å². The Labute approximate surface area is 121 Å². The van der Waals surface area contributed by atoms with Gasteiger partial charge in [0.1, 0.15) is 5.69 Å². The van der Waals surface area contributed by atoms with Crippen molar-refractivity contribution < 1.29 is 4.52 Å². The highest BCUT2D eigenvalue weighted by Gasteiger charge is 2.18. The van der Waals surface area contributed by atoms with Crippen LogP contribution in [0.1, 0.15) is 0 Å². The first-order valence-electron chi connectivity index (χ1n) is 6.25. The third kappa shape index (κ3) is 2.18. The van der Waals surface area contributed by atoms with Crippen LogP contribution >= 0.6 is 11.8 Å². The Hall–Kier alpha value is -2.20. The Kier molecular flexibility index (Phi) is 3.48. The van der Waals surface area contributed by atoms with Crippen molar-refractivity contribution in [1.29, 1.82) is 0 Å². The molecule has 20 heavy (non-hydrogen) atoms. The van der Waals surface area contributed by atoms with Gasteiger partial charge in [0.2, 0.25) is 5.88 Å². The maximum atomic E-state index is 5.97. The van der Waals surface area contributed by atoms with Crippen LogP contribution in [0.25, 0.3) is 22.4 Å². The summed E-state index contributed by atoms with van der Waals surface area (Å²) in [7, 11) is 0. The average Bonchev–Trinajstić information content (AvgIpc) is 2.89. The molecule has 0 spiro atoms. The van der Waals surface area contributed by atoms with Crippen LogP contribution in [-0.2, 0) is 0 Å². The molecule has 0 atom stereocenters. The number of hydrogen-bond acceptors (Lipinski definition) is 4. The van der Waals surface area contributed by atoms with Gasteiger partial charge < -0.3 is 10.3 Å². The van der Waals surface area contributed by atoms with E-state index in [2.05, 4.69) is 11.2 Å². The van der Waals surface area contributed by atoms with E-state index in [1.165, 1.54) is 0 Å². The summed E-state index contributed by atoms with van der Waals surface area (Å²) in [6, 6.07) is 18.1. The number of anilines is 1. The fourth-order valence-corrected chi connectivity index (χ4v) is 2.81. The van der Waals surface area contributed by atoms with Crippen molar-refractivity contribution in [1.82, 2.24) is 5.16 Å². The molecule has 3 nitrogen and oxygen atoms in total. The van der Waals surface area contributed by atoms with Gasteiger partial charge in [0.25, 0.3) is 0 Å². The Morgan fingerprint density at radius 3 is 2.45 bits per heavy atom. The Morgan fingerprint density at radius 2 is 1.70 bits per heavy atom. The largest absolute Gasteiger partial charge is 0.367 e. The van der Waals surface area contributed by atoms with Gasteiger partial charge in [0, 0.05) is 10.5 Å². The molecule has 100 valence electrons. The fraction of sp³-hybridized carbons (Fsp3) is 0.0625. The van der Waals surface area contributed by atoms with Gasteiger partial charge in [0.15, 0.2) is 0 Å². The Bertz CT molecular complexity index is 722. The first-order valence-corrected chi connectivity index (χ1v) is 7.47. The first-order chi connectivity index (χ1) is 9.81. The van der Waals surface area contributed by atoms with E-state index in [0.717, 1.165) is 27.3 Å².